The van der Waals surface area contributed by atoms with Gasteiger partial charge in [-0.05, 0) is 19.3 Å². The van der Waals surface area contributed by atoms with Crippen molar-refractivity contribution in [3.05, 3.63) is 0 Å². The lowest BCUT2D eigenvalue weighted by molar-refractivity contribution is -0.000282. The van der Waals surface area contributed by atoms with E-state index in [0.29, 0.717) is 12.1 Å². The lowest BCUT2D eigenvalue weighted by Crippen LogP contribution is -2.52. The molecule has 0 aromatic carbocycles. The first-order chi connectivity index (χ1) is 6.84. The van der Waals surface area contributed by atoms with Crippen molar-refractivity contribution >= 4 is 0 Å². The Balaban J connectivity index is 1.72. The van der Waals surface area contributed by atoms with Gasteiger partial charge in [0, 0.05) is 25.2 Å². The summed E-state index contributed by atoms with van der Waals surface area (Å²) in [6.07, 6.45) is 4.85. The fraction of sp³-hybridized carbons (Fsp3) is 1.00. The lowest BCUT2D eigenvalue weighted by atomic mass is 9.92. The normalized spacial score (nSPS) is 35.8. The van der Waals surface area contributed by atoms with E-state index in [9.17, 15) is 0 Å². The molecule has 82 valence electrons. The van der Waals surface area contributed by atoms with Crippen LogP contribution >= 0.6 is 0 Å². The molecule has 1 aliphatic heterocycles. The van der Waals surface area contributed by atoms with Gasteiger partial charge in [-0.1, -0.05) is 6.42 Å². The first-order valence-corrected chi connectivity index (χ1v) is 5.69. The highest BCUT2D eigenvalue weighted by atomic mass is 16.5. The molecule has 1 saturated carbocycles. The summed E-state index contributed by atoms with van der Waals surface area (Å²) in [5.74, 6) is 0. The van der Waals surface area contributed by atoms with E-state index in [0.717, 1.165) is 32.7 Å². The van der Waals surface area contributed by atoms with Crippen molar-refractivity contribution in [2.45, 2.75) is 37.8 Å². The van der Waals surface area contributed by atoms with E-state index in [1.165, 1.54) is 19.3 Å². The Morgan fingerprint density at radius 3 is 2.71 bits per heavy atom. The van der Waals surface area contributed by atoms with Crippen molar-refractivity contribution in [1.29, 1.82) is 0 Å². The Morgan fingerprint density at radius 1 is 1.21 bits per heavy atom. The van der Waals surface area contributed by atoms with E-state index in [1.54, 1.807) is 0 Å². The second-order valence-corrected chi connectivity index (χ2v) is 4.35. The van der Waals surface area contributed by atoms with E-state index in [4.69, 9.17) is 10.5 Å². The molecule has 3 N–H and O–H groups in total. The number of rotatable bonds is 2. The van der Waals surface area contributed by atoms with Gasteiger partial charge in [0.05, 0.1) is 13.2 Å². The molecule has 2 unspecified atom stereocenters. The third kappa shape index (κ3) is 2.92. The molecule has 1 heterocycles. The van der Waals surface area contributed by atoms with E-state index < -0.39 is 0 Å². The third-order valence-corrected chi connectivity index (χ3v) is 3.09. The Morgan fingerprint density at radius 2 is 2.00 bits per heavy atom. The van der Waals surface area contributed by atoms with Crippen molar-refractivity contribution in [3.63, 3.8) is 0 Å². The summed E-state index contributed by atoms with van der Waals surface area (Å²) in [5, 5.41) is 2.28. The number of ether oxygens (including phenoxy) is 1. The molecule has 4 heteroatoms. The van der Waals surface area contributed by atoms with Crippen LogP contribution in [-0.4, -0.2) is 43.4 Å². The third-order valence-electron chi connectivity index (χ3n) is 3.09. The van der Waals surface area contributed by atoms with Crippen LogP contribution in [0.5, 0.6) is 0 Å². The van der Waals surface area contributed by atoms with Crippen LogP contribution in [0.15, 0.2) is 0 Å². The SMILES string of the molecule is NC1CCCC(NN2CCOCC2)C1. The maximum Gasteiger partial charge on any atom is 0.0608 e. The van der Waals surface area contributed by atoms with Crippen molar-refractivity contribution in [1.82, 2.24) is 10.4 Å². The van der Waals surface area contributed by atoms with E-state index in [1.807, 2.05) is 0 Å². The maximum absolute atomic E-state index is 5.95. The maximum atomic E-state index is 5.95. The predicted molar refractivity (Wildman–Crippen MR) is 55.8 cm³/mol. The summed E-state index contributed by atoms with van der Waals surface area (Å²) in [4.78, 5) is 0. The summed E-state index contributed by atoms with van der Waals surface area (Å²) in [7, 11) is 0. The molecule has 1 aliphatic carbocycles. The Kier molecular flexibility index (Phi) is 3.75. The second-order valence-electron chi connectivity index (χ2n) is 4.35. The summed E-state index contributed by atoms with van der Waals surface area (Å²) in [5.41, 5.74) is 9.51. The van der Waals surface area contributed by atoms with Gasteiger partial charge in [0.1, 0.15) is 0 Å². The van der Waals surface area contributed by atoms with Gasteiger partial charge in [0.2, 0.25) is 0 Å². The van der Waals surface area contributed by atoms with Gasteiger partial charge in [-0.2, -0.15) is 0 Å². The van der Waals surface area contributed by atoms with Gasteiger partial charge in [-0.3, -0.25) is 5.43 Å². The predicted octanol–water partition coefficient (Wildman–Crippen LogP) is 0.0931. The fourth-order valence-electron chi connectivity index (χ4n) is 2.30. The number of nitrogens with zero attached hydrogens (tertiary/aromatic N) is 1. The summed E-state index contributed by atoms with van der Waals surface area (Å²) in [6.45, 7) is 3.72. The minimum absolute atomic E-state index is 0.405. The van der Waals surface area contributed by atoms with Gasteiger partial charge in [-0.15, -0.1) is 0 Å². The van der Waals surface area contributed by atoms with Crippen molar-refractivity contribution < 1.29 is 4.74 Å². The number of morpholine rings is 1. The minimum Gasteiger partial charge on any atom is -0.379 e. The molecule has 0 aromatic rings. The largest absolute Gasteiger partial charge is 0.379 e. The summed E-state index contributed by atoms with van der Waals surface area (Å²) in [6, 6.07) is 0.999. The molecular weight excluding hydrogens is 178 g/mol. The molecule has 0 amide bonds. The zero-order valence-electron chi connectivity index (χ0n) is 8.74. The smallest absolute Gasteiger partial charge is 0.0608 e. The van der Waals surface area contributed by atoms with E-state index in [-0.39, 0.29) is 0 Å². The number of nitrogens with two attached hydrogens (primary N) is 1. The molecule has 0 bridgehead atoms. The molecule has 1 saturated heterocycles. The van der Waals surface area contributed by atoms with E-state index >= 15 is 0 Å². The van der Waals surface area contributed by atoms with Crippen molar-refractivity contribution in [2.24, 2.45) is 5.73 Å². The van der Waals surface area contributed by atoms with Crippen molar-refractivity contribution in [2.75, 3.05) is 26.3 Å². The van der Waals surface area contributed by atoms with Crippen LogP contribution in [0.3, 0.4) is 0 Å². The first kappa shape index (κ1) is 10.4. The number of nitrogens with one attached hydrogen (secondary N) is 1. The van der Waals surface area contributed by atoms with Gasteiger partial charge in [0.25, 0.3) is 0 Å². The summed E-state index contributed by atoms with van der Waals surface area (Å²) < 4.78 is 5.30. The molecule has 2 aliphatic rings. The first-order valence-electron chi connectivity index (χ1n) is 5.69. The molecule has 14 heavy (non-hydrogen) atoms. The van der Waals surface area contributed by atoms with Gasteiger partial charge >= 0.3 is 0 Å². The number of hydrogen-bond donors (Lipinski definition) is 2. The molecule has 2 atom stereocenters. The zero-order chi connectivity index (χ0) is 9.80. The molecule has 0 radical (unpaired) electrons. The van der Waals surface area contributed by atoms with Gasteiger partial charge in [-0.25, -0.2) is 5.01 Å². The molecule has 2 rings (SSSR count). The van der Waals surface area contributed by atoms with Crippen LogP contribution in [0.2, 0.25) is 0 Å². The Bertz CT molecular complexity index is 171. The van der Waals surface area contributed by atoms with E-state index in [2.05, 4.69) is 10.4 Å². The fourth-order valence-corrected chi connectivity index (χ4v) is 2.30. The van der Waals surface area contributed by atoms with Gasteiger partial charge < -0.3 is 10.5 Å². The molecular formula is C10H21N3O. The topological polar surface area (TPSA) is 50.5 Å². The van der Waals surface area contributed by atoms with Crippen LogP contribution in [0.4, 0.5) is 0 Å². The van der Waals surface area contributed by atoms with Crippen LogP contribution < -0.4 is 11.2 Å². The average Bonchev–Trinajstić information content (AvgIpc) is 2.19. The second kappa shape index (κ2) is 5.07. The minimum atomic E-state index is 0.405. The zero-order valence-corrected chi connectivity index (χ0v) is 8.74. The molecule has 4 nitrogen and oxygen atoms in total. The number of hydrazine groups is 1. The summed E-state index contributed by atoms with van der Waals surface area (Å²) >= 11 is 0. The Labute approximate surface area is 85.7 Å². The highest BCUT2D eigenvalue weighted by Gasteiger charge is 2.21. The highest BCUT2D eigenvalue weighted by Crippen LogP contribution is 2.17. The van der Waals surface area contributed by atoms with Crippen LogP contribution in [0.1, 0.15) is 25.7 Å². The quantitative estimate of drug-likeness (QED) is 0.662. The van der Waals surface area contributed by atoms with Crippen molar-refractivity contribution in [3.8, 4) is 0 Å². The molecule has 2 fully saturated rings. The van der Waals surface area contributed by atoms with Gasteiger partial charge in [0.15, 0.2) is 0 Å². The molecule has 0 spiro atoms. The molecule has 0 aromatic heterocycles. The Hall–Kier alpha value is -0.160. The van der Waals surface area contributed by atoms with Crippen LogP contribution in [-0.2, 0) is 4.74 Å². The monoisotopic (exact) mass is 199 g/mol. The highest BCUT2D eigenvalue weighted by molar-refractivity contribution is 4.79. The standard InChI is InChI=1S/C10H21N3O/c11-9-2-1-3-10(8-9)12-13-4-6-14-7-5-13/h9-10,12H,1-8,11H2. The lowest BCUT2D eigenvalue weighted by Gasteiger charge is -2.35. The van der Waals surface area contributed by atoms with Crippen LogP contribution in [0.25, 0.3) is 0 Å². The van der Waals surface area contributed by atoms with Crippen LogP contribution in [0, 0.1) is 0 Å². The number of hydrogen-bond acceptors (Lipinski definition) is 4. The average molecular weight is 199 g/mol.